The molecule has 0 saturated heterocycles. The maximum absolute atomic E-state index is 13.0. The highest BCUT2D eigenvalue weighted by Crippen LogP contribution is 2.25. The fourth-order valence-electron chi connectivity index (χ4n) is 3.43. The summed E-state index contributed by atoms with van der Waals surface area (Å²) < 4.78 is 1.81. The van der Waals surface area contributed by atoms with Crippen molar-refractivity contribution in [2.45, 2.75) is 33.4 Å². The summed E-state index contributed by atoms with van der Waals surface area (Å²) >= 11 is 0. The molecule has 3 heterocycles. The number of anilines is 1. The minimum Gasteiger partial charge on any atom is -0.322 e. The second-order valence-electron chi connectivity index (χ2n) is 6.33. The van der Waals surface area contributed by atoms with E-state index < -0.39 is 0 Å². The number of benzene rings is 1. The van der Waals surface area contributed by atoms with E-state index in [0.717, 1.165) is 48.5 Å². The molecule has 0 unspecified atom stereocenters. The van der Waals surface area contributed by atoms with Gasteiger partial charge in [-0.3, -0.25) is 4.79 Å². The van der Waals surface area contributed by atoms with Gasteiger partial charge >= 0.3 is 0 Å². The van der Waals surface area contributed by atoms with E-state index in [1.54, 1.807) is 6.20 Å². The van der Waals surface area contributed by atoms with Crippen LogP contribution in [-0.2, 0) is 19.5 Å². The number of hydrogen-bond acceptors (Lipinski definition) is 4. The summed E-state index contributed by atoms with van der Waals surface area (Å²) in [6.45, 7) is 6.42. The molecule has 6 nitrogen and oxygen atoms in total. The van der Waals surface area contributed by atoms with E-state index in [1.165, 1.54) is 11.1 Å². The van der Waals surface area contributed by atoms with Crippen molar-refractivity contribution in [2.24, 2.45) is 0 Å². The van der Waals surface area contributed by atoms with Gasteiger partial charge in [-0.15, -0.1) is 0 Å². The van der Waals surface area contributed by atoms with Crippen molar-refractivity contribution in [1.29, 1.82) is 0 Å². The molecule has 0 radical (unpaired) electrons. The molecule has 0 saturated carbocycles. The molecule has 1 amide bonds. The summed E-state index contributed by atoms with van der Waals surface area (Å²) in [4.78, 5) is 17.5. The molecule has 128 valence electrons. The molecule has 0 bridgehead atoms. The number of amides is 1. The monoisotopic (exact) mass is 335 g/mol. The van der Waals surface area contributed by atoms with Crippen molar-refractivity contribution >= 4 is 22.6 Å². The van der Waals surface area contributed by atoms with Crippen molar-refractivity contribution in [3.05, 3.63) is 52.8 Å². The number of carbonyl (C=O) groups is 1. The van der Waals surface area contributed by atoms with Crippen molar-refractivity contribution in [1.82, 2.24) is 20.1 Å². The third-order valence-electron chi connectivity index (χ3n) is 4.67. The van der Waals surface area contributed by atoms with Crippen LogP contribution in [0.2, 0.25) is 0 Å². The molecule has 1 aliphatic heterocycles. The van der Waals surface area contributed by atoms with E-state index in [9.17, 15) is 4.79 Å². The highest BCUT2D eigenvalue weighted by Gasteiger charge is 2.18. The molecule has 4 rings (SSSR count). The number of aryl methyl sites for hydroxylation is 2. The first-order chi connectivity index (χ1) is 12.2. The smallest absolute Gasteiger partial charge is 0.256 e. The number of nitrogens with zero attached hydrogens (tertiary/aromatic N) is 3. The number of fused-ring (bicyclic) bond motifs is 2. The maximum atomic E-state index is 13.0. The van der Waals surface area contributed by atoms with Gasteiger partial charge in [0.2, 0.25) is 0 Å². The Hall–Kier alpha value is -2.73. The van der Waals surface area contributed by atoms with E-state index in [-0.39, 0.29) is 5.91 Å². The molecule has 1 aromatic carbocycles. The van der Waals surface area contributed by atoms with Crippen molar-refractivity contribution in [2.75, 3.05) is 11.9 Å². The fourth-order valence-corrected chi connectivity index (χ4v) is 3.43. The van der Waals surface area contributed by atoms with Gasteiger partial charge in [0.15, 0.2) is 5.65 Å². The highest BCUT2D eigenvalue weighted by molar-refractivity contribution is 6.12. The Balaban J connectivity index is 1.73. The first-order valence-electron chi connectivity index (χ1n) is 8.63. The lowest BCUT2D eigenvalue weighted by atomic mass is 9.99. The summed E-state index contributed by atoms with van der Waals surface area (Å²) in [5.41, 5.74) is 5.56. The lowest BCUT2D eigenvalue weighted by Gasteiger charge is -2.20. The molecular weight excluding hydrogens is 314 g/mol. The van der Waals surface area contributed by atoms with Gasteiger partial charge in [-0.25, -0.2) is 9.67 Å². The van der Waals surface area contributed by atoms with E-state index in [1.807, 2.05) is 36.7 Å². The Morgan fingerprint density at radius 1 is 1.40 bits per heavy atom. The second kappa shape index (κ2) is 6.29. The zero-order valence-electron chi connectivity index (χ0n) is 14.5. The molecule has 25 heavy (non-hydrogen) atoms. The quantitative estimate of drug-likeness (QED) is 0.772. The largest absolute Gasteiger partial charge is 0.322 e. The van der Waals surface area contributed by atoms with Gasteiger partial charge in [0.25, 0.3) is 5.91 Å². The van der Waals surface area contributed by atoms with E-state index in [0.29, 0.717) is 5.56 Å². The number of aromatic nitrogens is 3. The van der Waals surface area contributed by atoms with Crippen LogP contribution < -0.4 is 10.6 Å². The van der Waals surface area contributed by atoms with Crippen molar-refractivity contribution in [3.63, 3.8) is 0 Å². The van der Waals surface area contributed by atoms with Gasteiger partial charge in [-0.05, 0) is 50.1 Å². The zero-order chi connectivity index (χ0) is 17.4. The van der Waals surface area contributed by atoms with E-state index >= 15 is 0 Å². The molecule has 0 aliphatic carbocycles. The number of carbonyl (C=O) groups excluding carboxylic acids is 1. The number of nitrogens with one attached hydrogen (secondary N) is 2. The number of rotatable bonds is 3. The molecule has 2 N–H and O–H groups in total. The predicted molar refractivity (Wildman–Crippen MR) is 97.7 cm³/mol. The Labute approximate surface area is 146 Å². The molecule has 6 heteroatoms. The average molecular weight is 335 g/mol. The van der Waals surface area contributed by atoms with Gasteiger partial charge in [-0.2, -0.15) is 5.10 Å². The van der Waals surface area contributed by atoms with Crippen LogP contribution in [0.15, 0.2) is 30.5 Å². The third kappa shape index (κ3) is 2.78. The predicted octanol–water partition coefficient (Wildman–Crippen LogP) is 2.66. The topological polar surface area (TPSA) is 71.8 Å². The third-order valence-corrected chi connectivity index (χ3v) is 4.67. The van der Waals surface area contributed by atoms with Gasteiger partial charge in [0.05, 0.1) is 17.1 Å². The molecule has 2 aromatic heterocycles. The summed E-state index contributed by atoms with van der Waals surface area (Å²) in [6.07, 6.45) is 2.65. The number of pyridine rings is 1. The Morgan fingerprint density at radius 3 is 3.12 bits per heavy atom. The molecule has 1 aliphatic rings. The summed E-state index contributed by atoms with van der Waals surface area (Å²) in [5, 5.41) is 11.6. The summed E-state index contributed by atoms with van der Waals surface area (Å²) in [5.74, 6) is -0.113. The normalized spacial score (nSPS) is 13.7. The first-order valence-corrected chi connectivity index (χ1v) is 8.63. The van der Waals surface area contributed by atoms with Crippen LogP contribution in [0.5, 0.6) is 0 Å². The SMILES string of the molecule is CCn1ncc2c(C(=O)Nc3cccc4c3CCNC4)cc(C)nc21. The van der Waals surface area contributed by atoms with Gasteiger partial charge < -0.3 is 10.6 Å². The van der Waals surface area contributed by atoms with Gasteiger partial charge in [0, 0.05) is 24.5 Å². The van der Waals surface area contributed by atoms with Gasteiger partial charge in [0.1, 0.15) is 0 Å². The Bertz CT molecular complexity index is 960. The van der Waals surface area contributed by atoms with Crippen LogP contribution in [-0.4, -0.2) is 27.2 Å². The molecular formula is C19H21N5O. The minimum absolute atomic E-state index is 0.113. The van der Waals surface area contributed by atoms with Crippen LogP contribution in [0, 0.1) is 6.92 Å². The lowest BCUT2D eigenvalue weighted by Crippen LogP contribution is -2.25. The fraction of sp³-hybridized carbons (Fsp3) is 0.316. The van der Waals surface area contributed by atoms with E-state index in [4.69, 9.17) is 0 Å². The zero-order valence-corrected chi connectivity index (χ0v) is 14.5. The van der Waals surface area contributed by atoms with Crippen molar-refractivity contribution < 1.29 is 4.79 Å². The van der Waals surface area contributed by atoms with Crippen LogP contribution in [0.3, 0.4) is 0 Å². The van der Waals surface area contributed by atoms with Crippen LogP contribution in [0.1, 0.15) is 34.1 Å². The Kier molecular flexibility index (Phi) is 3.97. The van der Waals surface area contributed by atoms with Crippen LogP contribution >= 0.6 is 0 Å². The standard InChI is InChI=1S/C19H21N5O/c1-3-24-18-16(11-21-24)15(9-12(2)22-18)19(25)23-17-6-4-5-13-10-20-8-7-14(13)17/h4-6,9,11,20H,3,7-8,10H2,1-2H3,(H,23,25). The van der Waals surface area contributed by atoms with Gasteiger partial charge in [-0.1, -0.05) is 12.1 Å². The Morgan fingerprint density at radius 2 is 2.28 bits per heavy atom. The highest BCUT2D eigenvalue weighted by atomic mass is 16.1. The second-order valence-corrected chi connectivity index (χ2v) is 6.33. The average Bonchev–Trinajstić information content (AvgIpc) is 3.04. The molecule has 0 spiro atoms. The van der Waals surface area contributed by atoms with E-state index in [2.05, 4.69) is 26.8 Å². The molecule has 3 aromatic rings. The summed E-state index contributed by atoms with van der Waals surface area (Å²) in [6, 6.07) is 7.90. The maximum Gasteiger partial charge on any atom is 0.256 e. The molecule has 0 fully saturated rings. The van der Waals surface area contributed by atoms with Crippen molar-refractivity contribution in [3.8, 4) is 0 Å². The first kappa shape index (κ1) is 15.8. The van der Waals surface area contributed by atoms with Crippen LogP contribution in [0.25, 0.3) is 11.0 Å². The van der Waals surface area contributed by atoms with Crippen LogP contribution in [0.4, 0.5) is 5.69 Å². The summed E-state index contributed by atoms with van der Waals surface area (Å²) in [7, 11) is 0. The number of hydrogen-bond donors (Lipinski definition) is 2. The minimum atomic E-state index is -0.113. The molecule has 0 atom stereocenters. The lowest BCUT2D eigenvalue weighted by molar-refractivity contribution is 0.102.